The van der Waals surface area contributed by atoms with Gasteiger partial charge in [-0.2, -0.15) is 13.2 Å². The summed E-state index contributed by atoms with van der Waals surface area (Å²) in [5, 5.41) is 0. The number of benzene rings is 1. The van der Waals surface area contributed by atoms with Crippen LogP contribution in [0.4, 0.5) is 13.2 Å². The molecule has 0 fully saturated rings. The molecule has 0 atom stereocenters. The number of hydrogen-bond donors (Lipinski definition) is 0. The molecule has 1 rings (SSSR count). The van der Waals surface area contributed by atoms with Crippen LogP contribution in [-0.2, 0) is 6.18 Å². The minimum Gasteiger partial charge on any atom is -0.289 e. The molecule has 17 heavy (non-hydrogen) atoms. The second-order valence-corrected chi connectivity index (χ2v) is 6.15. The predicted octanol–water partition coefficient (Wildman–Crippen LogP) is 5.02. The molecule has 0 aliphatic rings. The zero-order chi connectivity index (χ0) is 13.4. The van der Waals surface area contributed by atoms with Gasteiger partial charge in [0.15, 0.2) is 0 Å². The maximum absolute atomic E-state index is 12.5. The van der Waals surface area contributed by atoms with Crippen molar-refractivity contribution in [2.75, 3.05) is 0 Å². The van der Waals surface area contributed by atoms with Crippen molar-refractivity contribution in [1.29, 1.82) is 0 Å². The summed E-state index contributed by atoms with van der Waals surface area (Å²) >= 11 is 18.7. The molecule has 0 N–H and O–H groups in total. The van der Waals surface area contributed by atoms with E-state index in [-0.39, 0.29) is 10.0 Å². The van der Waals surface area contributed by atoms with Crippen molar-refractivity contribution in [2.45, 2.75) is 9.97 Å². The van der Waals surface area contributed by atoms with Crippen molar-refractivity contribution in [3.63, 3.8) is 0 Å². The van der Waals surface area contributed by atoms with Crippen LogP contribution in [0, 0.1) is 0 Å². The Balaban J connectivity index is 3.28. The van der Waals surface area contributed by atoms with Gasteiger partial charge < -0.3 is 0 Å². The number of hydrogen-bond acceptors (Lipinski definition) is 1. The zero-order valence-corrected chi connectivity index (χ0v) is 11.6. The van der Waals surface area contributed by atoms with Gasteiger partial charge in [-0.3, -0.25) is 4.79 Å². The fourth-order valence-corrected chi connectivity index (χ4v) is 1.85. The summed E-state index contributed by atoms with van der Waals surface area (Å²) in [6.07, 6.45) is -4.59. The third-order valence-electron chi connectivity index (χ3n) is 1.79. The lowest BCUT2D eigenvalue weighted by Crippen LogP contribution is -2.19. The topological polar surface area (TPSA) is 17.1 Å². The van der Waals surface area contributed by atoms with Crippen LogP contribution in [0.25, 0.3) is 0 Å². The summed E-state index contributed by atoms with van der Waals surface area (Å²) < 4.78 is 35.2. The van der Waals surface area contributed by atoms with E-state index in [0.29, 0.717) is 6.07 Å². The van der Waals surface area contributed by atoms with Crippen LogP contribution < -0.4 is 0 Å². The van der Waals surface area contributed by atoms with Crippen LogP contribution in [0.15, 0.2) is 22.7 Å². The average molecular weight is 370 g/mol. The van der Waals surface area contributed by atoms with Crippen molar-refractivity contribution < 1.29 is 18.0 Å². The largest absolute Gasteiger partial charge is 0.417 e. The van der Waals surface area contributed by atoms with Gasteiger partial charge in [-0.1, -0.05) is 56.8 Å². The quantitative estimate of drug-likeness (QED) is 0.501. The molecular formula is C9H3BrCl3F3O. The van der Waals surface area contributed by atoms with E-state index in [1.807, 2.05) is 0 Å². The number of alkyl halides is 6. The molecular weight excluding hydrogens is 367 g/mol. The fraction of sp³-hybridized carbons (Fsp3) is 0.222. The Morgan fingerprint density at radius 3 is 2.12 bits per heavy atom. The molecule has 1 nitrogen and oxygen atoms in total. The highest BCUT2D eigenvalue weighted by Gasteiger charge is 2.36. The molecule has 0 aliphatic carbocycles. The van der Waals surface area contributed by atoms with Gasteiger partial charge in [0.25, 0.3) is 3.79 Å². The van der Waals surface area contributed by atoms with Gasteiger partial charge in [-0.05, 0) is 12.1 Å². The van der Waals surface area contributed by atoms with Gasteiger partial charge in [0.2, 0.25) is 5.78 Å². The standard InChI is InChI=1S/C9H3BrCl3F3O/c10-6-2-1-4(7(17)8(11,12)13)3-5(6)9(14,15)16/h1-3H. The average Bonchev–Trinajstić information content (AvgIpc) is 2.14. The van der Waals surface area contributed by atoms with Gasteiger partial charge in [0, 0.05) is 10.0 Å². The lowest BCUT2D eigenvalue weighted by atomic mass is 10.1. The first-order valence-corrected chi connectivity index (χ1v) is 5.94. The van der Waals surface area contributed by atoms with E-state index in [0.717, 1.165) is 12.1 Å². The van der Waals surface area contributed by atoms with E-state index < -0.39 is 21.3 Å². The Labute approximate surface area is 118 Å². The summed E-state index contributed by atoms with van der Waals surface area (Å²) in [7, 11) is 0. The Morgan fingerprint density at radius 1 is 1.18 bits per heavy atom. The number of rotatable bonds is 1. The molecule has 0 bridgehead atoms. The number of carbonyl (C=O) groups is 1. The molecule has 8 heteroatoms. The lowest BCUT2D eigenvalue weighted by Gasteiger charge is -2.13. The SMILES string of the molecule is O=C(c1ccc(Br)c(C(F)(F)F)c1)C(Cl)(Cl)Cl. The molecule has 0 amide bonds. The Bertz CT molecular complexity index is 454. The van der Waals surface area contributed by atoms with E-state index in [1.54, 1.807) is 0 Å². The number of carbonyl (C=O) groups excluding carboxylic acids is 1. The first-order valence-electron chi connectivity index (χ1n) is 4.02. The fourth-order valence-electron chi connectivity index (χ4n) is 1.05. The van der Waals surface area contributed by atoms with Crippen molar-refractivity contribution >= 4 is 56.5 Å². The van der Waals surface area contributed by atoms with Crippen LogP contribution in [0.5, 0.6) is 0 Å². The van der Waals surface area contributed by atoms with E-state index in [4.69, 9.17) is 34.8 Å². The third kappa shape index (κ3) is 3.74. The van der Waals surface area contributed by atoms with E-state index in [2.05, 4.69) is 15.9 Å². The van der Waals surface area contributed by atoms with Crippen molar-refractivity contribution in [1.82, 2.24) is 0 Å². The smallest absolute Gasteiger partial charge is 0.289 e. The Morgan fingerprint density at radius 2 is 1.71 bits per heavy atom. The maximum Gasteiger partial charge on any atom is 0.417 e. The molecule has 1 aromatic carbocycles. The van der Waals surface area contributed by atoms with Gasteiger partial charge in [-0.25, -0.2) is 0 Å². The lowest BCUT2D eigenvalue weighted by molar-refractivity contribution is -0.138. The normalized spacial score (nSPS) is 12.6. The van der Waals surface area contributed by atoms with Crippen molar-refractivity contribution in [3.8, 4) is 0 Å². The summed E-state index contributed by atoms with van der Waals surface area (Å²) in [4.78, 5) is 11.5. The van der Waals surface area contributed by atoms with Crippen molar-refractivity contribution in [2.24, 2.45) is 0 Å². The molecule has 0 heterocycles. The number of halogens is 7. The second kappa shape index (κ2) is 4.96. The highest BCUT2D eigenvalue weighted by atomic mass is 79.9. The highest BCUT2D eigenvalue weighted by Crippen LogP contribution is 2.37. The van der Waals surface area contributed by atoms with Gasteiger partial charge in [0.05, 0.1) is 5.56 Å². The second-order valence-electron chi connectivity index (χ2n) is 3.02. The monoisotopic (exact) mass is 368 g/mol. The molecule has 0 unspecified atom stereocenters. The van der Waals surface area contributed by atoms with Crippen LogP contribution in [0.2, 0.25) is 0 Å². The first kappa shape index (κ1) is 15.1. The molecule has 0 aliphatic heterocycles. The van der Waals surface area contributed by atoms with Crippen LogP contribution in [-0.4, -0.2) is 9.58 Å². The molecule has 0 saturated carbocycles. The highest BCUT2D eigenvalue weighted by molar-refractivity contribution is 9.10. The van der Waals surface area contributed by atoms with Crippen LogP contribution in [0.1, 0.15) is 15.9 Å². The Hall–Kier alpha value is 0.0300. The zero-order valence-electron chi connectivity index (χ0n) is 7.79. The molecule has 0 saturated heterocycles. The summed E-state index contributed by atoms with van der Waals surface area (Å²) in [6, 6.07) is 2.85. The molecule has 0 spiro atoms. The van der Waals surface area contributed by atoms with Crippen molar-refractivity contribution in [3.05, 3.63) is 33.8 Å². The van der Waals surface area contributed by atoms with E-state index >= 15 is 0 Å². The van der Waals surface area contributed by atoms with Gasteiger partial charge in [-0.15, -0.1) is 0 Å². The minimum absolute atomic E-state index is 0.189. The molecule has 94 valence electrons. The first-order chi connectivity index (χ1) is 7.53. The minimum atomic E-state index is -4.59. The van der Waals surface area contributed by atoms with Crippen LogP contribution >= 0.6 is 50.7 Å². The number of ketones is 1. The van der Waals surface area contributed by atoms with E-state index in [9.17, 15) is 18.0 Å². The third-order valence-corrected chi connectivity index (χ3v) is 3.00. The van der Waals surface area contributed by atoms with Gasteiger partial charge in [0.1, 0.15) is 0 Å². The van der Waals surface area contributed by atoms with E-state index in [1.165, 1.54) is 0 Å². The molecule has 0 radical (unpaired) electrons. The summed E-state index contributed by atoms with van der Waals surface area (Å²) in [5.74, 6) is -1.01. The summed E-state index contributed by atoms with van der Waals surface area (Å²) in [5.41, 5.74) is -1.32. The summed E-state index contributed by atoms with van der Waals surface area (Å²) in [6.45, 7) is 0. The predicted molar refractivity (Wildman–Crippen MR) is 63.8 cm³/mol. The maximum atomic E-state index is 12.5. The molecule has 0 aromatic heterocycles. The van der Waals surface area contributed by atoms with Crippen LogP contribution in [0.3, 0.4) is 0 Å². The number of Topliss-reactive ketones (excluding diaryl/α,β-unsaturated/α-hetero) is 1. The Kier molecular flexibility index (Phi) is 4.40. The molecule has 1 aromatic rings. The van der Waals surface area contributed by atoms with Gasteiger partial charge >= 0.3 is 6.18 Å².